The Morgan fingerprint density at radius 3 is 2.60 bits per heavy atom. The third kappa shape index (κ3) is 2.65. The zero-order valence-corrected chi connectivity index (χ0v) is 11.2. The standard InChI is InChI=1S/C16H18N4/c17-20-16(19-14-7-2-1-3-8-14)18-11-13-10-12-6-4-5-9-15(12)13/h1-9,13H,10-11,17H2,(H2,18,19,20). The Morgan fingerprint density at radius 1 is 1.10 bits per heavy atom. The molecule has 102 valence electrons. The van der Waals surface area contributed by atoms with E-state index < -0.39 is 0 Å². The molecule has 0 saturated carbocycles. The van der Waals surface area contributed by atoms with E-state index in [0.29, 0.717) is 11.9 Å². The summed E-state index contributed by atoms with van der Waals surface area (Å²) in [6, 6.07) is 18.4. The van der Waals surface area contributed by atoms with Crippen molar-refractivity contribution in [3.8, 4) is 0 Å². The van der Waals surface area contributed by atoms with Crippen molar-refractivity contribution in [1.29, 1.82) is 0 Å². The summed E-state index contributed by atoms with van der Waals surface area (Å²) < 4.78 is 0. The number of anilines is 1. The molecule has 1 aliphatic rings. The molecule has 4 heteroatoms. The lowest BCUT2D eigenvalue weighted by Gasteiger charge is -2.28. The Labute approximate surface area is 118 Å². The smallest absolute Gasteiger partial charge is 0.210 e. The van der Waals surface area contributed by atoms with Gasteiger partial charge in [-0.2, -0.15) is 0 Å². The molecule has 0 radical (unpaired) electrons. The molecule has 0 fully saturated rings. The van der Waals surface area contributed by atoms with Gasteiger partial charge in [-0.1, -0.05) is 42.5 Å². The number of nitrogens with two attached hydrogens (primary N) is 1. The summed E-state index contributed by atoms with van der Waals surface area (Å²) in [6.45, 7) is 0.746. The summed E-state index contributed by atoms with van der Waals surface area (Å²) in [7, 11) is 0. The van der Waals surface area contributed by atoms with Gasteiger partial charge in [0, 0.05) is 18.2 Å². The highest BCUT2D eigenvalue weighted by Crippen LogP contribution is 2.34. The lowest BCUT2D eigenvalue weighted by atomic mass is 9.78. The van der Waals surface area contributed by atoms with Crippen LogP contribution in [0.15, 0.2) is 59.6 Å². The number of hydrazine groups is 1. The summed E-state index contributed by atoms with van der Waals surface area (Å²) in [5.41, 5.74) is 6.43. The van der Waals surface area contributed by atoms with Crippen LogP contribution >= 0.6 is 0 Å². The minimum Gasteiger partial charge on any atom is -0.325 e. The number of rotatable bonds is 3. The van der Waals surface area contributed by atoms with E-state index in [9.17, 15) is 0 Å². The van der Waals surface area contributed by atoms with E-state index in [1.54, 1.807) is 0 Å². The number of fused-ring (bicyclic) bond motifs is 1. The first-order chi connectivity index (χ1) is 9.86. The van der Waals surface area contributed by atoms with Crippen LogP contribution in [-0.2, 0) is 6.42 Å². The highest BCUT2D eigenvalue weighted by molar-refractivity contribution is 5.93. The van der Waals surface area contributed by atoms with Crippen LogP contribution in [0.2, 0.25) is 0 Å². The Kier molecular flexibility index (Phi) is 3.65. The quantitative estimate of drug-likeness (QED) is 0.345. The fourth-order valence-electron chi connectivity index (χ4n) is 2.51. The third-order valence-corrected chi connectivity index (χ3v) is 3.60. The molecule has 4 N–H and O–H groups in total. The molecule has 0 aliphatic heterocycles. The van der Waals surface area contributed by atoms with Crippen molar-refractivity contribution in [3.05, 3.63) is 65.7 Å². The molecular formula is C16H18N4. The van der Waals surface area contributed by atoms with Crippen LogP contribution in [0.1, 0.15) is 17.0 Å². The highest BCUT2D eigenvalue weighted by atomic mass is 15.3. The first-order valence-electron chi connectivity index (χ1n) is 6.78. The summed E-state index contributed by atoms with van der Waals surface area (Å²) in [5.74, 6) is 6.62. The van der Waals surface area contributed by atoms with Crippen LogP contribution in [-0.4, -0.2) is 12.5 Å². The fourth-order valence-corrected chi connectivity index (χ4v) is 2.51. The second kappa shape index (κ2) is 5.75. The Balaban J connectivity index is 1.63. The summed E-state index contributed by atoms with van der Waals surface area (Å²) in [6.07, 6.45) is 1.10. The molecule has 2 aromatic carbocycles. The molecule has 0 saturated heterocycles. The number of aliphatic imine (C=N–C) groups is 1. The highest BCUT2D eigenvalue weighted by Gasteiger charge is 2.24. The van der Waals surface area contributed by atoms with Crippen molar-refractivity contribution in [2.45, 2.75) is 12.3 Å². The van der Waals surface area contributed by atoms with Crippen molar-refractivity contribution in [1.82, 2.24) is 5.43 Å². The molecule has 0 bridgehead atoms. The Bertz CT molecular complexity index is 607. The van der Waals surface area contributed by atoms with E-state index in [1.807, 2.05) is 30.3 Å². The second-order valence-electron chi connectivity index (χ2n) is 4.92. The normalized spacial score (nSPS) is 17.1. The maximum atomic E-state index is 5.52. The molecule has 1 unspecified atom stereocenters. The second-order valence-corrected chi connectivity index (χ2v) is 4.92. The summed E-state index contributed by atoms with van der Waals surface area (Å²) in [5, 5.41) is 3.17. The minimum atomic E-state index is 0.507. The van der Waals surface area contributed by atoms with Gasteiger partial charge in [0.25, 0.3) is 0 Å². The molecule has 20 heavy (non-hydrogen) atoms. The van der Waals surface area contributed by atoms with E-state index in [4.69, 9.17) is 5.84 Å². The topological polar surface area (TPSA) is 62.4 Å². The van der Waals surface area contributed by atoms with Crippen LogP contribution in [0.5, 0.6) is 0 Å². The predicted molar refractivity (Wildman–Crippen MR) is 82.6 cm³/mol. The van der Waals surface area contributed by atoms with Gasteiger partial charge in [-0.05, 0) is 29.7 Å². The molecule has 1 aliphatic carbocycles. The van der Waals surface area contributed by atoms with Gasteiger partial charge in [-0.3, -0.25) is 10.4 Å². The molecule has 4 nitrogen and oxygen atoms in total. The number of benzene rings is 2. The van der Waals surface area contributed by atoms with Gasteiger partial charge in [0.1, 0.15) is 0 Å². The first-order valence-corrected chi connectivity index (χ1v) is 6.78. The van der Waals surface area contributed by atoms with Crippen molar-refractivity contribution in [3.63, 3.8) is 0 Å². The molecule has 0 amide bonds. The van der Waals surface area contributed by atoms with Crippen molar-refractivity contribution < 1.29 is 0 Å². The lowest BCUT2D eigenvalue weighted by molar-refractivity contribution is 0.618. The molecule has 2 aromatic rings. The van der Waals surface area contributed by atoms with E-state index in [1.165, 1.54) is 11.1 Å². The Morgan fingerprint density at radius 2 is 1.85 bits per heavy atom. The van der Waals surface area contributed by atoms with Gasteiger partial charge in [0.2, 0.25) is 5.96 Å². The number of hydrogen-bond acceptors (Lipinski definition) is 2. The van der Waals surface area contributed by atoms with Gasteiger partial charge < -0.3 is 5.32 Å². The average molecular weight is 266 g/mol. The summed E-state index contributed by atoms with van der Waals surface area (Å²) >= 11 is 0. The van der Waals surface area contributed by atoms with E-state index in [-0.39, 0.29) is 0 Å². The lowest BCUT2D eigenvalue weighted by Crippen LogP contribution is -2.37. The molecule has 3 rings (SSSR count). The SMILES string of the molecule is NNC(=NCC1Cc2ccccc21)Nc1ccccc1. The average Bonchev–Trinajstić information content (AvgIpc) is 2.48. The number of nitrogens with zero attached hydrogens (tertiary/aromatic N) is 1. The molecule has 1 atom stereocenters. The van der Waals surface area contributed by atoms with Gasteiger partial charge in [0.05, 0.1) is 0 Å². The third-order valence-electron chi connectivity index (χ3n) is 3.60. The number of nitrogens with one attached hydrogen (secondary N) is 2. The number of guanidine groups is 1. The fraction of sp³-hybridized carbons (Fsp3) is 0.188. The molecule has 0 spiro atoms. The molecular weight excluding hydrogens is 248 g/mol. The number of para-hydroxylation sites is 1. The molecule has 0 aromatic heterocycles. The maximum Gasteiger partial charge on any atom is 0.210 e. The predicted octanol–water partition coefficient (Wildman–Crippen LogP) is 2.26. The molecule has 0 heterocycles. The van der Waals surface area contributed by atoms with Gasteiger partial charge >= 0.3 is 0 Å². The van der Waals surface area contributed by atoms with Crippen molar-refractivity contribution in [2.24, 2.45) is 10.8 Å². The van der Waals surface area contributed by atoms with Crippen molar-refractivity contribution in [2.75, 3.05) is 11.9 Å². The van der Waals surface area contributed by atoms with Gasteiger partial charge in [-0.15, -0.1) is 0 Å². The zero-order valence-electron chi connectivity index (χ0n) is 11.2. The number of hydrogen-bond donors (Lipinski definition) is 3. The zero-order chi connectivity index (χ0) is 13.8. The van der Waals surface area contributed by atoms with Crippen LogP contribution in [0.3, 0.4) is 0 Å². The van der Waals surface area contributed by atoms with Crippen LogP contribution in [0, 0.1) is 0 Å². The van der Waals surface area contributed by atoms with Gasteiger partial charge in [0.15, 0.2) is 0 Å². The first kappa shape index (κ1) is 12.7. The largest absolute Gasteiger partial charge is 0.325 e. The van der Waals surface area contributed by atoms with E-state index in [0.717, 1.165) is 18.7 Å². The van der Waals surface area contributed by atoms with Gasteiger partial charge in [-0.25, -0.2) is 5.84 Å². The minimum absolute atomic E-state index is 0.507. The van der Waals surface area contributed by atoms with E-state index >= 15 is 0 Å². The summed E-state index contributed by atoms with van der Waals surface area (Å²) in [4.78, 5) is 4.53. The van der Waals surface area contributed by atoms with Crippen LogP contribution < -0.4 is 16.6 Å². The Hall–Kier alpha value is -2.33. The van der Waals surface area contributed by atoms with Crippen molar-refractivity contribution >= 4 is 11.6 Å². The maximum absolute atomic E-state index is 5.52. The van der Waals surface area contributed by atoms with Crippen LogP contribution in [0.4, 0.5) is 5.69 Å². The van der Waals surface area contributed by atoms with E-state index in [2.05, 4.69) is 40.0 Å². The van der Waals surface area contributed by atoms with Crippen LogP contribution in [0.25, 0.3) is 0 Å². The monoisotopic (exact) mass is 266 g/mol.